The monoisotopic (exact) mass is 228 g/mol. The van der Waals surface area contributed by atoms with Crippen molar-refractivity contribution in [2.45, 2.75) is 39.2 Å². The molecule has 1 amide bonds. The van der Waals surface area contributed by atoms with Crippen molar-refractivity contribution in [1.82, 2.24) is 4.90 Å². The van der Waals surface area contributed by atoms with Gasteiger partial charge in [-0.2, -0.15) is 0 Å². The van der Waals surface area contributed by atoms with Gasteiger partial charge < -0.3 is 15.7 Å². The molecule has 1 aliphatic rings. The standard InChI is InChI=1S/C12H24N2O2/c1-9(4-3-6-13)12(16)14-7-5-11(15)10(2)8-14/h9-11,15H,3-8,13H2,1-2H3. The van der Waals surface area contributed by atoms with E-state index in [0.717, 1.165) is 12.8 Å². The number of hydrogen-bond donors (Lipinski definition) is 2. The highest BCUT2D eigenvalue weighted by molar-refractivity contribution is 5.78. The molecule has 0 bridgehead atoms. The maximum Gasteiger partial charge on any atom is 0.225 e. The number of carbonyl (C=O) groups excluding carboxylic acids is 1. The van der Waals surface area contributed by atoms with Crippen molar-refractivity contribution in [3.63, 3.8) is 0 Å². The lowest BCUT2D eigenvalue weighted by Gasteiger charge is -2.35. The highest BCUT2D eigenvalue weighted by Crippen LogP contribution is 2.19. The Kier molecular flexibility index (Phi) is 5.22. The fourth-order valence-electron chi connectivity index (χ4n) is 2.19. The molecule has 3 atom stereocenters. The lowest BCUT2D eigenvalue weighted by atomic mass is 9.95. The van der Waals surface area contributed by atoms with Gasteiger partial charge >= 0.3 is 0 Å². The van der Waals surface area contributed by atoms with Gasteiger partial charge in [-0.1, -0.05) is 13.8 Å². The summed E-state index contributed by atoms with van der Waals surface area (Å²) in [6.45, 7) is 5.99. The van der Waals surface area contributed by atoms with Crippen LogP contribution in [0.15, 0.2) is 0 Å². The van der Waals surface area contributed by atoms with Gasteiger partial charge in [0.1, 0.15) is 0 Å². The Bertz CT molecular complexity index is 233. The predicted molar refractivity (Wildman–Crippen MR) is 63.8 cm³/mol. The van der Waals surface area contributed by atoms with Crippen LogP contribution in [-0.4, -0.2) is 41.7 Å². The largest absolute Gasteiger partial charge is 0.393 e. The minimum absolute atomic E-state index is 0.0611. The highest BCUT2D eigenvalue weighted by Gasteiger charge is 2.29. The molecule has 4 heteroatoms. The van der Waals surface area contributed by atoms with Gasteiger partial charge in [0.2, 0.25) is 5.91 Å². The second-order valence-electron chi connectivity index (χ2n) is 4.95. The Morgan fingerprint density at radius 3 is 2.88 bits per heavy atom. The molecule has 0 aromatic rings. The van der Waals surface area contributed by atoms with Gasteiger partial charge in [0.15, 0.2) is 0 Å². The zero-order valence-electron chi connectivity index (χ0n) is 10.4. The summed E-state index contributed by atoms with van der Waals surface area (Å²) in [4.78, 5) is 13.9. The molecule has 0 saturated carbocycles. The van der Waals surface area contributed by atoms with E-state index in [1.807, 2.05) is 18.7 Å². The van der Waals surface area contributed by atoms with Crippen molar-refractivity contribution in [3.8, 4) is 0 Å². The number of rotatable bonds is 4. The minimum Gasteiger partial charge on any atom is -0.393 e. The molecule has 1 aliphatic heterocycles. The number of aliphatic hydroxyl groups is 1. The first-order valence-corrected chi connectivity index (χ1v) is 6.23. The third-order valence-corrected chi connectivity index (χ3v) is 3.43. The van der Waals surface area contributed by atoms with E-state index in [4.69, 9.17) is 5.73 Å². The van der Waals surface area contributed by atoms with Crippen LogP contribution in [-0.2, 0) is 4.79 Å². The molecule has 1 rings (SSSR count). The lowest BCUT2D eigenvalue weighted by Crippen LogP contribution is -2.46. The van der Waals surface area contributed by atoms with E-state index in [1.54, 1.807) is 0 Å². The van der Waals surface area contributed by atoms with E-state index >= 15 is 0 Å². The van der Waals surface area contributed by atoms with Crippen LogP contribution in [0.2, 0.25) is 0 Å². The second-order valence-corrected chi connectivity index (χ2v) is 4.95. The van der Waals surface area contributed by atoms with E-state index in [2.05, 4.69) is 0 Å². The summed E-state index contributed by atoms with van der Waals surface area (Å²) in [6, 6.07) is 0. The number of nitrogens with two attached hydrogens (primary N) is 1. The van der Waals surface area contributed by atoms with Gasteiger partial charge in [-0.25, -0.2) is 0 Å². The van der Waals surface area contributed by atoms with Crippen LogP contribution < -0.4 is 5.73 Å². The highest BCUT2D eigenvalue weighted by atomic mass is 16.3. The molecule has 3 N–H and O–H groups in total. The van der Waals surface area contributed by atoms with Gasteiger partial charge in [-0.3, -0.25) is 4.79 Å². The van der Waals surface area contributed by atoms with E-state index in [-0.39, 0.29) is 23.8 Å². The Balaban J connectivity index is 2.42. The van der Waals surface area contributed by atoms with E-state index in [0.29, 0.717) is 26.1 Å². The van der Waals surface area contributed by atoms with E-state index < -0.39 is 0 Å². The van der Waals surface area contributed by atoms with Crippen molar-refractivity contribution in [1.29, 1.82) is 0 Å². The Morgan fingerprint density at radius 1 is 1.62 bits per heavy atom. The molecule has 0 aromatic heterocycles. The van der Waals surface area contributed by atoms with Crippen molar-refractivity contribution in [2.75, 3.05) is 19.6 Å². The summed E-state index contributed by atoms with van der Waals surface area (Å²) >= 11 is 0. The Morgan fingerprint density at radius 2 is 2.31 bits per heavy atom. The molecule has 4 nitrogen and oxygen atoms in total. The van der Waals surface area contributed by atoms with Crippen molar-refractivity contribution in [3.05, 3.63) is 0 Å². The van der Waals surface area contributed by atoms with Crippen molar-refractivity contribution >= 4 is 5.91 Å². The summed E-state index contributed by atoms with van der Waals surface area (Å²) in [5.74, 6) is 0.470. The van der Waals surface area contributed by atoms with Crippen molar-refractivity contribution in [2.24, 2.45) is 17.6 Å². The van der Waals surface area contributed by atoms with Gasteiger partial charge in [-0.15, -0.1) is 0 Å². The fourth-order valence-corrected chi connectivity index (χ4v) is 2.19. The zero-order valence-corrected chi connectivity index (χ0v) is 10.4. The first kappa shape index (κ1) is 13.5. The predicted octanol–water partition coefficient (Wildman–Crippen LogP) is 0.591. The Hall–Kier alpha value is -0.610. The first-order chi connectivity index (χ1) is 7.56. The molecule has 3 unspecified atom stereocenters. The quantitative estimate of drug-likeness (QED) is 0.740. The van der Waals surface area contributed by atoms with Crippen LogP contribution in [0.1, 0.15) is 33.1 Å². The third kappa shape index (κ3) is 3.46. The van der Waals surface area contributed by atoms with Crippen LogP contribution >= 0.6 is 0 Å². The van der Waals surface area contributed by atoms with Crippen LogP contribution in [0.25, 0.3) is 0 Å². The topological polar surface area (TPSA) is 66.6 Å². The van der Waals surface area contributed by atoms with Gasteiger partial charge in [0, 0.05) is 19.0 Å². The molecule has 0 aliphatic carbocycles. The fraction of sp³-hybridized carbons (Fsp3) is 0.917. The SMILES string of the molecule is CC(CCCN)C(=O)N1CCC(O)C(C)C1. The van der Waals surface area contributed by atoms with Crippen LogP contribution in [0.5, 0.6) is 0 Å². The van der Waals surface area contributed by atoms with Gasteiger partial charge in [-0.05, 0) is 31.7 Å². The maximum absolute atomic E-state index is 12.1. The number of hydrogen-bond acceptors (Lipinski definition) is 3. The van der Waals surface area contributed by atoms with Gasteiger partial charge in [0.25, 0.3) is 0 Å². The molecular weight excluding hydrogens is 204 g/mol. The normalized spacial score (nSPS) is 27.9. The molecule has 0 spiro atoms. The van der Waals surface area contributed by atoms with Crippen LogP contribution in [0, 0.1) is 11.8 Å². The smallest absolute Gasteiger partial charge is 0.225 e. The minimum atomic E-state index is -0.247. The molecule has 0 radical (unpaired) electrons. The Labute approximate surface area is 97.8 Å². The summed E-state index contributed by atoms with van der Waals surface area (Å²) in [5, 5.41) is 9.60. The third-order valence-electron chi connectivity index (χ3n) is 3.43. The van der Waals surface area contributed by atoms with Gasteiger partial charge in [0.05, 0.1) is 6.10 Å². The van der Waals surface area contributed by atoms with E-state index in [9.17, 15) is 9.90 Å². The lowest BCUT2D eigenvalue weighted by molar-refractivity contribution is -0.138. The van der Waals surface area contributed by atoms with Crippen molar-refractivity contribution < 1.29 is 9.90 Å². The molecular formula is C12H24N2O2. The average Bonchev–Trinajstić information content (AvgIpc) is 2.28. The number of nitrogens with zero attached hydrogens (tertiary/aromatic N) is 1. The average molecular weight is 228 g/mol. The zero-order chi connectivity index (χ0) is 12.1. The summed E-state index contributed by atoms with van der Waals surface area (Å²) in [7, 11) is 0. The second kappa shape index (κ2) is 6.21. The molecule has 1 fully saturated rings. The molecule has 94 valence electrons. The van der Waals surface area contributed by atoms with E-state index in [1.165, 1.54) is 0 Å². The summed E-state index contributed by atoms with van der Waals surface area (Å²) in [5.41, 5.74) is 5.44. The molecule has 0 aromatic carbocycles. The maximum atomic E-state index is 12.1. The van der Waals surface area contributed by atoms with Crippen LogP contribution in [0.4, 0.5) is 0 Å². The number of piperidine rings is 1. The number of carbonyl (C=O) groups is 1. The summed E-state index contributed by atoms with van der Waals surface area (Å²) in [6.07, 6.45) is 2.22. The first-order valence-electron chi connectivity index (χ1n) is 6.23. The number of aliphatic hydroxyl groups excluding tert-OH is 1. The molecule has 1 saturated heterocycles. The summed E-state index contributed by atoms with van der Waals surface area (Å²) < 4.78 is 0. The van der Waals surface area contributed by atoms with Crippen LogP contribution in [0.3, 0.4) is 0 Å². The number of likely N-dealkylation sites (tertiary alicyclic amines) is 1. The molecule has 16 heavy (non-hydrogen) atoms. The molecule has 1 heterocycles. The number of amides is 1.